The van der Waals surface area contributed by atoms with E-state index >= 15 is 0 Å². The normalized spacial score (nSPS) is 18.0. The molecule has 1 aliphatic carbocycles. The van der Waals surface area contributed by atoms with Gasteiger partial charge in [0.25, 0.3) is 0 Å². The van der Waals surface area contributed by atoms with Crippen molar-refractivity contribution in [1.82, 2.24) is 0 Å². The van der Waals surface area contributed by atoms with Gasteiger partial charge in [-0.2, -0.15) is 0 Å². The van der Waals surface area contributed by atoms with E-state index in [1.54, 1.807) is 11.3 Å². The Bertz CT molecular complexity index is 590. The molecule has 0 saturated carbocycles. The Balaban J connectivity index is 1.71. The smallest absolute Gasteiger partial charge is 0.0832 e. The number of benzene rings is 1. The van der Waals surface area contributed by atoms with Crippen molar-refractivity contribution in [3.63, 3.8) is 0 Å². The molecule has 0 radical (unpaired) electrons. The van der Waals surface area contributed by atoms with Gasteiger partial charge >= 0.3 is 0 Å². The van der Waals surface area contributed by atoms with Crippen LogP contribution in [0.2, 0.25) is 0 Å². The van der Waals surface area contributed by atoms with Crippen LogP contribution in [0.25, 0.3) is 0 Å². The van der Waals surface area contributed by atoms with Crippen LogP contribution >= 0.6 is 11.3 Å². The van der Waals surface area contributed by atoms with Crippen molar-refractivity contribution in [2.24, 2.45) is 5.73 Å². The van der Waals surface area contributed by atoms with Gasteiger partial charge in [-0.25, -0.2) is 0 Å². The molecule has 3 heteroatoms. The summed E-state index contributed by atoms with van der Waals surface area (Å²) >= 11 is 1.78. The highest BCUT2D eigenvalue weighted by Crippen LogP contribution is 2.33. The second-order valence-corrected chi connectivity index (χ2v) is 6.73. The van der Waals surface area contributed by atoms with Crippen LogP contribution in [-0.4, -0.2) is 0 Å². The molecule has 1 atom stereocenters. The molecule has 2 aromatic rings. The van der Waals surface area contributed by atoms with Gasteiger partial charge in [-0.15, -0.1) is 11.3 Å². The summed E-state index contributed by atoms with van der Waals surface area (Å²) in [5, 5.41) is 0. The summed E-state index contributed by atoms with van der Waals surface area (Å²) in [6.07, 6.45) is 3.79. The molecule has 0 aliphatic heterocycles. The zero-order valence-electron chi connectivity index (χ0n) is 11.9. The first-order valence-electron chi connectivity index (χ1n) is 7.25. The van der Waals surface area contributed by atoms with Crippen molar-refractivity contribution in [2.45, 2.75) is 45.4 Å². The lowest BCUT2D eigenvalue weighted by molar-refractivity contribution is 0.0282. The fourth-order valence-electron chi connectivity index (χ4n) is 2.90. The highest BCUT2D eigenvalue weighted by molar-refractivity contribution is 7.12. The minimum atomic E-state index is 0.251. The van der Waals surface area contributed by atoms with Crippen molar-refractivity contribution < 1.29 is 4.74 Å². The van der Waals surface area contributed by atoms with Gasteiger partial charge in [0.2, 0.25) is 0 Å². The first-order valence-corrected chi connectivity index (χ1v) is 8.07. The Hall–Kier alpha value is -1.16. The molecule has 1 aliphatic rings. The van der Waals surface area contributed by atoms with Crippen molar-refractivity contribution in [3.05, 3.63) is 56.8 Å². The molecule has 0 saturated heterocycles. The van der Waals surface area contributed by atoms with Crippen LogP contribution in [-0.2, 0) is 24.3 Å². The summed E-state index contributed by atoms with van der Waals surface area (Å²) < 4.78 is 6.20. The van der Waals surface area contributed by atoms with E-state index in [4.69, 9.17) is 10.5 Å². The van der Waals surface area contributed by atoms with Crippen molar-refractivity contribution in [3.8, 4) is 0 Å². The molecular formula is C17H21NOS. The Labute approximate surface area is 124 Å². The fraction of sp³-hybridized carbons (Fsp3) is 0.412. The van der Waals surface area contributed by atoms with Gasteiger partial charge in [0.15, 0.2) is 0 Å². The number of rotatable bonds is 4. The molecule has 0 fully saturated rings. The lowest BCUT2D eigenvalue weighted by Gasteiger charge is -2.25. The Kier molecular flexibility index (Phi) is 4.20. The van der Waals surface area contributed by atoms with Crippen LogP contribution in [0.3, 0.4) is 0 Å². The van der Waals surface area contributed by atoms with E-state index in [9.17, 15) is 0 Å². The lowest BCUT2D eigenvalue weighted by atomic mass is 9.89. The van der Waals surface area contributed by atoms with E-state index in [1.807, 2.05) is 0 Å². The third-order valence-corrected chi connectivity index (χ3v) is 5.14. The van der Waals surface area contributed by atoms with E-state index in [2.05, 4.69) is 37.3 Å². The van der Waals surface area contributed by atoms with Crippen molar-refractivity contribution >= 4 is 11.3 Å². The molecule has 2 nitrogen and oxygen atoms in total. The number of ether oxygens (including phenoxy) is 1. The number of hydrogen-bond donors (Lipinski definition) is 1. The molecule has 1 aromatic heterocycles. The van der Waals surface area contributed by atoms with Crippen LogP contribution in [0.4, 0.5) is 0 Å². The van der Waals surface area contributed by atoms with Gasteiger partial charge in [0.05, 0.1) is 12.7 Å². The maximum absolute atomic E-state index is 6.20. The van der Waals surface area contributed by atoms with E-state index in [0.717, 1.165) is 6.42 Å². The van der Waals surface area contributed by atoms with Crippen molar-refractivity contribution in [1.29, 1.82) is 0 Å². The Morgan fingerprint density at radius 1 is 1.35 bits per heavy atom. The predicted molar refractivity (Wildman–Crippen MR) is 83.9 cm³/mol. The highest BCUT2D eigenvalue weighted by atomic mass is 32.1. The predicted octanol–water partition coefficient (Wildman–Crippen LogP) is 4.11. The summed E-state index contributed by atoms with van der Waals surface area (Å²) in [6.45, 7) is 3.47. The first kappa shape index (κ1) is 13.8. The number of nitrogens with two attached hydrogens (primary N) is 1. The maximum atomic E-state index is 6.20. The molecule has 0 spiro atoms. The maximum Gasteiger partial charge on any atom is 0.0832 e. The minimum absolute atomic E-state index is 0.251. The Morgan fingerprint density at radius 3 is 3.00 bits per heavy atom. The van der Waals surface area contributed by atoms with Crippen molar-refractivity contribution in [2.75, 3.05) is 0 Å². The van der Waals surface area contributed by atoms with Gasteiger partial charge < -0.3 is 10.5 Å². The second kappa shape index (κ2) is 6.08. The topological polar surface area (TPSA) is 35.2 Å². The molecule has 2 N–H and O–H groups in total. The van der Waals surface area contributed by atoms with Crippen LogP contribution < -0.4 is 5.73 Å². The molecule has 3 rings (SSSR count). The zero-order valence-corrected chi connectivity index (χ0v) is 12.7. The number of thiophene rings is 1. The summed E-state index contributed by atoms with van der Waals surface area (Å²) in [7, 11) is 0. The summed E-state index contributed by atoms with van der Waals surface area (Å²) in [4.78, 5) is 2.57. The number of fused-ring (bicyclic) bond motifs is 1. The summed E-state index contributed by atoms with van der Waals surface area (Å²) in [5.74, 6) is 0. The third kappa shape index (κ3) is 2.80. The number of aryl methyl sites for hydroxylation is 2. The fourth-order valence-corrected chi connectivity index (χ4v) is 3.83. The lowest BCUT2D eigenvalue weighted by Crippen LogP contribution is -2.12. The molecule has 1 unspecified atom stereocenters. The number of hydrogen-bond acceptors (Lipinski definition) is 3. The van der Waals surface area contributed by atoms with Gasteiger partial charge in [0.1, 0.15) is 0 Å². The quantitative estimate of drug-likeness (QED) is 0.918. The van der Waals surface area contributed by atoms with Crippen LogP contribution in [0, 0.1) is 6.92 Å². The molecule has 1 heterocycles. The average Bonchev–Trinajstić information content (AvgIpc) is 2.85. The first-order chi connectivity index (χ1) is 9.78. The van der Waals surface area contributed by atoms with E-state index in [-0.39, 0.29) is 6.10 Å². The van der Waals surface area contributed by atoms with Crippen LogP contribution in [0.15, 0.2) is 30.3 Å². The van der Waals surface area contributed by atoms with E-state index in [0.29, 0.717) is 13.2 Å². The molecule has 0 bridgehead atoms. The Morgan fingerprint density at radius 2 is 2.20 bits per heavy atom. The van der Waals surface area contributed by atoms with Gasteiger partial charge in [-0.3, -0.25) is 0 Å². The minimum Gasteiger partial charge on any atom is -0.369 e. The largest absolute Gasteiger partial charge is 0.369 e. The molecule has 20 heavy (non-hydrogen) atoms. The van der Waals surface area contributed by atoms with E-state index in [1.165, 1.54) is 39.3 Å². The second-order valence-electron chi connectivity index (χ2n) is 5.39. The summed E-state index contributed by atoms with van der Waals surface area (Å²) in [6, 6.07) is 10.9. The summed E-state index contributed by atoms with van der Waals surface area (Å²) in [5.41, 5.74) is 9.83. The molecule has 1 aromatic carbocycles. The monoisotopic (exact) mass is 287 g/mol. The highest BCUT2D eigenvalue weighted by Gasteiger charge is 2.20. The van der Waals surface area contributed by atoms with E-state index < -0.39 is 0 Å². The van der Waals surface area contributed by atoms with Crippen LogP contribution in [0.1, 0.15) is 45.4 Å². The third-order valence-electron chi connectivity index (χ3n) is 4.03. The van der Waals surface area contributed by atoms with Gasteiger partial charge in [-0.1, -0.05) is 24.3 Å². The molecule has 0 amide bonds. The van der Waals surface area contributed by atoms with Gasteiger partial charge in [-0.05, 0) is 48.9 Å². The van der Waals surface area contributed by atoms with Crippen LogP contribution in [0.5, 0.6) is 0 Å². The zero-order chi connectivity index (χ0) is 13.9. The molecule has 106 valence electrons. The standard InChI is InChI=1S/C17H21NOS/c1-12-14(9-15(10-18)20-12)11-19-17-8-4-6-13-5-2-3-7-16(13)17/h2-3,5,7,9,17H,4,6,8,10-11,18H2,1H3. The SMILES string of the molecule is Cc1sc(CN)cc1COC1CCCc2ccccc21. The molecular weight excluding hydrogens is 266 g/mol. The average molecular weight is 287 g/mol. The van der Waals surface area contributed by atoms with Gasteiger partial charge in [0, 0.05) is 16.3 Å².